The van der Waals surface area contributed by atoms with Crippen molar-refractivity contribution in [1.82, 2.24) is 25.0 Å². The van der Waals surface area contributed by atoms with E-state index in [2.05, 4.69) is 20.7 Å². The molecule has 3 heterocycles. The lowest BCUT2D eigenvalue weighted by Crippen LogP contribution is -2.42. The van der Waals surface area contributed by atoms with Crippen molar-refractivity contribution in [3.05, 3.63) is 72.2 Å². The Morgan fingerprint density at radius 1 is 1.06 bits per heavy atom. The Hall–Kier alpha value is -4.01. The standard InChI is InChI=1S/C22H20N6O3/c29-18(26-17-7-3-10-23-20(17)27-12-4-11-25-27)13-24-21(30)19-15-5-1-2-6-16(15)22(31)28(19)14-8-9-14/h1-7,10-12,14,19H,8-9,13H2,(H,24,30)(H,26,29). The first kappa shape index (κ1) is 19.0. The second kappa shape index (κ2) is 7.67. The van der Waals surface area contributed by atoms with E-state index < -0.39 is 11.9 Å². The van der Waals surface area contributed by atoms with Gasteiger partial charge in [0.15, 0.2) is 5.82 Å². The third kappa shape index (κ3) is 3.54. The van der Waals surface area contributed by atoms with Crippen molar-refractivity contribution in [2.75, 3.05) is 11.9 Å². The maximum absolute atomic E-state index is 13.0. The van der Waals surface area contributed by atoms with Crippen LogP contribution in [0.4, 0.5) is 5.69 Å². The van der Waals surface area contributed by atoms with Crippen LogP contribution >= 0.6 is 0 Å². The number of carbonyl (C=O) groups excluding carboxylic acids is 3. The van der Waals surface area contributed by atoms with Gasteiger partial charge in [-0.05, 0) is 42.7 Å². The van der Waals surface area contributed by atoms with E-state index in [9.17, 15) is 14.4 Å². The van der Waals surface area contributed by atoms with E-state index in [0.717, 1.165) is 12.8 Å². The molecule has 2 aromatic heterocycles. The van der Waals surface area contributed by atoms with Crippen molar-refractivity contribution >= 4 is 23.4 Å². The van der Waals surface area contributed by atoms with Crippen LogP contribution < -0.4 is 10.6 Å². The molecule has 2 aliphatic rings. The van der Waals surface area contributed by atoms with E-state index in [-0.39, 0.29) is 24.4 Å². The number of anilines is 1. The molecule has 9 nitrogen and oxygen atoms in total. The van der Waals surface area contributed by atoms with Gasteiger partial charge in [-0.25, -0.2) is 9.67 Å². The zero-order valence-electron chi connectivity index (χ0n) is 16.6. The number of hydrogen-bond acceptors (Lipinski definition) is 5. The molecular weight excluding hydrogens is 396 g/mol. The van der Waals surface area contributed by atoms with Gasteiger partial charge in [0.1, 0.15) is 6.04 Å². The first-order valence-corrected chi connectivity index (χ1v) is 10.1. The Morgan fingerprint density at radius 3 is 2.68 bits per heavy atom. The number of rotatable bonds is 6. The van der Waals surface area contributed by atoms with Crippen LogP contribution in [0, 0.1) is 0 Å². The molecule has 1 saturated carbocycles. The van der Waals surface area contributed by atoms with Gasteiger partial charge < -0.3 is 15.5 Å². The van der Waals surface area contributed by atoms with Crippen molar-refractivity contribution in [2.24, 2.45) is 0 Å². The summed E-state index contributed by atoms with van der Waals surface area (Å²) in [7, 11) is 0. The topological polar surface area (TPSA) is 109 Å². The Kier molecular flexibility index (Phi) is 4.70. The summed E-state index contributed by atoms with van der Waals surface area (Å²) >= 11 is 0. The van der Waals surface area contributed by atoms with Crippen molar-refractivity contribution in [1.29, 1.82) is 0 Å². The van der Waals surface area contributed by atoms with E-state index in [4.69, 9.17) is 0 Å². The minimum atomic E-state index is -0.706. The first-order valence-electron chi connectivity index (χ1n) is 10.1. The Balaban J connectivity index is 1.28. The summed E-state index contributed by atoms with van der Waals surface area (Å²) in [5.41, 5.74) is 1.72. The van der Waals surface area contributed by atoms with Gasteiger partial charge in [-0.15, -0.1) is 0 Å². The molecule has 9 heteroatoms. The molecule has 1 fully saturated rings. The SMILES string of the molecule is O=C(CNC(=O)C1c2ccccc2C(=O)N1C1CC1)Nc1cccnc1-n1cccn1. The van der Waals surface area contributed by atoms with Crippen LogP contribution in [-0.2, 0) is 9.59 Å². The van der Waals surface area contributed by atoms with Crippen LogP contribution in [0.2, 0.25) is 0 Å². The summed E-state index contributed by atoms with van der Waals surface area (Å²) in [6.45, 7) is -0.225. The number of pyridine rings is 1. The predicted molar refractivity (Wildman–Crippen MR) is 111 cm³/mol. The summed E-state index contributed by atoms with van der Waals surface area (Å²) < 4.78 is 1.54. The van der Waals surface area contributed by atoms with E-state index in [1.165, 1.54) is 0 Å². The molecule has 3 aromatic rings. The molecule has 31 heavy (non-hydrogen) atoms. The molecule has 0 bridgehead atoms. The summed E-state index contributed by atoms with van der Waals surface area (Å²) in [6.07, 6.45) is 6.73. The number of carbonyl (C=O) groups is 3. The number of benzene rings is 1. The predicted octanol–water partition coefficient (Wildman–Crippen LogP) is 1.68. The van der Waals surface area contributed by atoms with Gasteiger partial charge in [0.05, 0.1) is 12.2 Å². The van der Waals surface area contributed by atoms with Crippen molar-refractivity contribution in [2.45, 2.75) is 24.9 Å². The number of nitrogens with one attached hydrogen (secondary N) is 2. The van der Waals surface area contributed by atoms with Gasteiger partial charge in [0.25, 0.3) is 5.91 Å². The highest BCUT2D eigenvalue weighted by Gasteiger charge is 2.47. The minimum Gasteiger partial charge on any atom is -0.345 e. The second-order valence-electron chi connectivity index (χ2n) is 7.52. The fourth-order valence-electron chi connectivity index (χ4n) is 3.86. The van der Waals surface area contributed by atoms with Crippen LogP contribution in [0.25, 0.3) is 5.82 Å². The third-order valence-electron chi connectivity index (χ3n) is 5.39. The van der Waals surface area contributed by atoms with Gasteiger partial charge in [0, 0.05) is 30.2 Å². The molecular formula is C22H20N6O3. The highest BCUT2D eigenvalue weighted by Crippen LogP contribution is 2.41. The van der Waals surface area contributed by atoms with E-state index >= 15 is 0 Å². The minimum absolute atomic E-state index is 0.0801. The molecule has 156 valence electrons. The zero-order valence-corrected chi connectivity index (χ0v) is 16.6. The van der Waals surface area contributed by atoms with Crippen LogP contribution in [0.15, 0.2) is 61.1 Å². The summed E-state index contributed by atoms with van der Waals surface area (Å²) in [6, 6.07) is 11.7. The highest BCUT2D eigenvalue weighted by molar-refractivity contribution is 6.05. The van der Waals surface area contributed by atoms with Crippen LogP contribution in [0.3, 0.4) is 0 Å². The van der Waals surface area contributed by atoms with E-state index in [0.29, 0.717) is 22.6 Å². The average molecular weight is 416 g/mol. The molecule has 3 amide bonds. The van der Waals surface area contributed by atoms with Gasteiger partial charge in [-0.3, -0.25) is 14.4 Å². The highest BCUT2D eigenvalue weighted by atomic mass is 16.2. The molecule has 1 aromatic carbocycles. The van der Waals surface area contributed by atoms with Gasteiger partial charge >= 0.3 is 0 Å². The normalized spacial score (nSPS) is 17.4. The lowest BCUT2D eigenvalue weighted by molar-refractivity contribution is -0.127. The summed E-state index contributed by atoms with van der Waals surface area (Å²) in [5.74, 6) is -0.409. The molecule has 2 N–H and O–H groups in total. The Morgan fingerprint density at radius 2 is 1.90 bits per heavy atom. The second-order valence-corrected chi connectivity index (χ2v) is 7.52. The Labute approximate surface area is 178 Å². The van der Waals surface area contributed by atoms with Crippen LogP contribution in [0.5, 0.6) is 0 Å². The molecule has 1 unspecified atom stereocenters. The van der Waals surface area contributed by atoms with Crippen molar-refractivity contribution in [3.8, 4) is 5.82 Å². The number of aromatic nitrogens is 3. The molecule has 1 aliphatic carbocycles. The fraction of sp³-hybridized carbons (Fsp3) is 0.227. The monoisotopic (exact) mass is 416 g/mol. The molecule has 1 aliphatic heterocycles. The number of nitrogens with zero attached hydrogens (tertiary/aromatic N) is 4. The molecule has 5 rings (SSSR count). The summed E-state index contributed by atoms with van der Waals surface area (Å²) in [4.78, 5) is 44.2. The van der Waals surface area contributed by atoms with Gasteiger partial charge in [-0.2, -0.15) is 5.10 Å². The quantitative estimate of drug-likeness (QED) is 0.636. The van der Waals surface area contributed by atoms with Gasteiger partial charge in [0.2, 0.25) is 11.8 Å². The number of hydrogen-bond donors (Lipinski definition) is 2. The van der Waals surface area contributed by atoms with E-state index in [1.807, 2.05) is 6.07 Å². The lowest BCUT2D eigenvalue weighted by Gasteiger charge is -2.24. The van der Waals surface area contributed by atoms with Crippen LogP contribution in [-0.4, -0.2) is 50.0 Å². The maximum Gasteiger partial charge on any atom is 0.255 e. The van der Waals surface area contributed by atoms with E-state index in [1.54, 1.807) is 64.6 Å². The third-order valence-corrected chi connectivity index (χ3v) is 5.39. The first-order chi connectivity index (χ1) is 15.1. The zero-order chi connectivity index (χ0) is 21.4. The van der Waals surface area contributed by atoms with Crippen molar-refractivity contribution < 1.29 is 14.4 Å². The van der Waals surface area contributed by atoms with Crippen LogP contribution in [0.1, 0.15) is 34.8 Å². The maximum atomic E-state index is 13.0. The fourth-order valence-corrected chi connectivity index (χ4v) is 3.86. The lowest BCUT2D eigenvalue weighted by atomic mass is 10.0. The van der Waals surface area contributed by atoms with Crippen molar-refractivity contribution in [3.63, 3.8) is 0 Å². The molecule has 1 atom stereocenters. The number of fused-ring (bicyclic) bond motifs is 1. The molecule has 0 saturated heterocycles. The smallest absolute Gasteiger partial charge is 0.255 e. The Bertz CT molecular complexity index is 1160. The largest absolute Gasteiger partial charge is 0.345 e. The molecule has 0 radical (unpaired) electrons. The van der Waals surface area contributed by atoms with Gasteiger partial charge in [-0.1, -0.05) is 18.2 Å². The summed E-state index contributed by atoms with van der Waals surface area (Å²) in [5, 5.41) is 9.58. The number of amides is 3. The molecule has 0 spiro atoms. The average Bonchev–Trinajstić information content (AvgIpc) is 3.38.